The molecule has 1 fully saturated rings. The molecule has 1 saturated heterocycles. The van der Waals surface area contributed by atoms with Gasteiger partial charge in [0.15, 0.2) is 6.29 Å². The minimum absolute atomic E-state index is 0.222. The predicted molar refractivity (Wildman–Crippen MR) is 356 cm³/mol. The molecule has 12 nitrogen and oxygen atoms in total. The molecule has 0 aromatic rings. The lowest BCUT2D eigenvalue weighted by Crippen LogP contribution is -2.61. The number of aliphatic hydroxyl groups excluding tert-OH is 4. The lowest BCUT2D eigenvalue weighted by Gasteiger charge is -2.41. The Kier molecular flexibility index (Phi) is 59.0. The second kappa shape index (κ2) is 61.4. The van der Waals surface area contributed by atoms with E-state index < -0.39 is 59.9 Å². The molecule has 7 atom stereocenters. The van der Waals surface area contributed by atoms with Gasteiger partial charge >= 0.3 is 10.4 Å². The quantitative estimate of drug-likeness (QED) is 0.0193. The van der Waals surface area contributed by atoms with Crippen molar-refractivity contribution >= 4 is 16.3 Å². The average Bonchev–Trinajstić information content (AvgIpc) is 3.45. The van der Waals surface area contributed by atoms with Crippen molar-refractivity contribution in [3.05, 3.63) is 24.3 Å². The highest BCUT2D eigenvalue weighted by Gasteiger charge is 2.48. The van der Waals surface area contributed by atoms with E-state index in [2.05, 4.69) is 47.7 Å². The third-order valence-electron chi connectivity index (χ3n) is 17.8. The maximum atomic E-state index is 13.2. The van der Waals surface area contributed by atoms with Crippen LogP contribution in [-0.4, -0.2) is 95.4 Å². The van der Waals surface area contributed by atoms with Crippen LogP contribution in [0.3, 0.4) is 0 Å². The minimum atomic E-state index is -5.09. The van der Waals surface area contributed by atoms with E-state index in [0.717, 1.165) is 57.8 Å². The zero-order valence-electron chi connectivity index (χ0n) is 55.5. The van der Waals surface area contributed by atoms with Gasteiger partial charge in [-0.2, -0.15) is 8.42 Å². The van der Waals surface area contributed by atoms with Gasteiger partial charge in [-0.25, -0.2) is 4.18 Å². The Hall–Kier alpha value is -1.42. The van der Waals surface area contributed by atoms with Gasteiger partial charge in [-0.3, -0.25) is 9.35 Å². The molecule has 0 aromatic carbocycles. The van der Waals surface area contributed by atoms with Crippen LogP contribution in [0.2, 0.25) is 0 Å². The van der Waals surface area contributed by atoms with E-state index in [1.54, 1.807) is 0 Å². The van der Waals surface area contributed by atoms with Gasteiger partial charge in [0, 0.05) is 6.42 Å². The van der Waals surface area contributed by atoms with E-state index in [1.165, 1.54) is 289 Å². The predicted octanol–water partition coefficient (Wildman–Crippen LogP) is 19.5. The van der Waals surface area contributed by atoms with Gasteiger partial charge in [-0.1, -0.05) is 346 Å². The van der Waals surface area contributed by atoms with Crippen LogP contribution in [0.1, 0.15) is 373 Å². The molecule has 0 aliphatic carbocycles. The summed E-state index contributed by atoms with van der Waals surface area (Å²) in [4.78, 5) is 13.2. The fourth-order valence-electron chi connectivity index (χ4n) is 12.1. The van der Waals surface area contributed by atoms with Gasteiger partial charge in [0.1, 0.15) is 24.4 Å². The minimum Gasteiger partial charge on any atom is -0.394 e. The molecule has 0 spiro atoms. The Bertz CT molecular complexity index is 1580. The lowest BCUT2D eigenvalue weighted by atomic mass is 9.99. The smallest absolute Gasteiger partial charge is 0.394 e. The molecule has 1 amide bonds. The van der Waals surface area contributed by atoms with Crippen molar-refractivity contribution < 1.29 is 51.8 Å². The molecule has 1 aliphatic rings. The van der Waals surface area contributed by atoms with Gasteiger partial charge in [0.25, 0.3) is 0 Å². The Morgan fingerprint density at radius 3 is 1.12 bits per heavy atom. The first-order valence-electron chi connectivity index (χ1n) is 36.7. The van der Waals surface area contributed by atoms with E-state index in [-0.39, 0.29) is 12.5 Å². The van der Waals surface area contributed by atoms with Crippen molar-refractivity contribution in [3.63, 3.8) is 0 Å². The average molecular weight is 1230 g/mol. The molecule has 1 aliphatic heterocycles. The van der Waals surface area contributed by atoms with Crippen LogP contribution >= 0.6 is 0 Å². The van der Waals surface area contributed by atoms with Crippen LogP contribution in [0, 0.1) is 0 Å². The molecule has 13 heteroatoms. The van der Waals surface area contributed by atoms with Crippen molar-refractivity contribution in [2.75, 3.05) is 13.2 Å². The molecule has 0 saturated carbocycles. The number of carbonyl (C=O) groups is 1. The molecule has 1 rings (SSSR count). The Balaban J connectivity index is 2.17. The molecule has 504 valence electrons. The Morgan fingerprint density at radius 2 is 0.788 bits per heavy atom. The maximum Gasteiger partial charge on any atom is 0.397 e. The van der Waals surface area contributed by atoms with Crippen molar-refractivity contribution in [3.8, 4) is 0 Å². The first-order valence-corrected chi connectivity index (χ1v) is 38.1. The molecular formula is C72H139NO11S. The van der Waals surface area contributed by atoms with Gasteiger partial charge in [-0.15, -0.1) is 0 Å². The summed E-state index contributed by atoms with van der Waals surface area (Å²) < 4.78 is 48.1. The summed E-state index contributed by atoms with van der Waals surface area (Å²) in [6, 6.07) is -0.858. The number of amides is 1. The van der Waals surface area contributed by atoms with Gasteiger partial charge in [0.05, 0.1) is 25.4 Å². The molecule has 7 unspecified atom stereocenters. The SMILES string of the molecule is CCCCCCCCCCCCCCC/C=C\C/C=C\CCCCCCCCCCCCCCCCCCCC(=O)NC(COC1OC(CO)C(O)C(OS(=O)(=O)O)C1O)C(O)CCCCCCCCCCCCCCCCCCCCCCC. The second-order valence-electron chi connectivity index (χ2n) is 25.9. The monoisotopic (exact) mass is 1230 g/mol. The van der Waals surface area contributed by atoms with Crippen LogP contribution in [0.25, 0.3) is 0 Å². The number of nitrogens with one attached hydrogen (secondary N) is 1. The number of carbonyl (C=O) groups excluding carboxylic acids is 1. The topological polar surface area (TPSA) is 192 Å². The summed E-state index contributed by atoms with van der Waals surface area (Å²) in [5, 5.41) is 45.3. The number of unbranched alkanes of at least 4 members (excludes halogenated alkanes) is 50. The van der Waals surface area contributed by atoms with E-state index in [0.29, 0.717) is 12.8 Å². The number of ether oxygens (including phenoxy) is 2. The van der Waals surface area contributed by atoms with Crippen molar-refractivity contribution in [2.24, 2.45) is 0 Å². The molecule has 0 radical (unpaired) electrons. The summed E-state index contributed by atoms with van der Waals surface area (Å²) in [7, 11) is -5.09. The maximum absolute atomic E-state index is 13.2. The number of aliphatic hydroxyl groups is 4. The molecular weight excluding hydrogens is 1090 g/mol. The highest BCUT2D eigenvalue weighted by Crippen LogP contribution is 2.27. The number of hydrogen-bond acceptors (Lipinski definition) is 10. The molecule has 1 heterocycles. The largest absolute Gasteiger partial charge is 0.397 e. The number of hydrogen-bond donors (Lipinski definition) is 6. The molecule has 6 N–H and O–H groups in total. The fourth-order valence-corrected chi connectivity index (χ4v) is 12.7. The third kappa shape index (κ3) is 53.0. The zero-order chi connectivity index (χ0) is 61.8. The molecule has 85 heavy (non-hydrogen) atoms. The van der Waals surface area contributed by atoms with Crippen molar-refractivity contribution in [2.45, 2.75) is 416 Å². The summed E-state index contributed by atoms with van der Waals surface area (Å²) in [6.07, 6.45) is 70.8. The first-order chi connectivity index (χ1) is 41.5. The van der Waals surface area contributed by atoms with Crippen molar-refractivity contribution in [1.29, 1.82) is 0 Å². The van der Waals surface area contributed by atoms with Crippen molar-refractivity contribution in [1.82, 2.24) is 5.32 Å². The van der Waals surface area contributed by atoms with Crippen LogP contribution in [0.15, 0.2) is 24.3 Å². The van der Waals surface area contributed by atoms with Gasteiger partial charge < -0.3 is 35.2 Å². The highest BCUT2D eigenvalue weighted by atomic mass is 32.3. The Labute approximate surface area is 524 Å². The summed E-state index contributed by atoms with van der Waals surface area (Å²) in [5.74, 6) is -0.222. The number of rotatable bonds is 66. The van der Waals surface area contributed by atoms with Crippen LogP contribution in [0.5, 0.6) is 0 Å². The van der Waals surface area contributed by atoms with E-state index in [1.807, 2.05) is 0 Å². The highest BCUT2D eigenvalue weighted by molar-refractivity contribution is 7.80. The number of allylic oxidation sites excluding steroid dienone is 4. The fraction of sp³-hybridized carbons (Fsp3) is 0.931. The normalized spacial score (nSPS) is 18.3. The van der Waals surface area contributed by atoms with Gasteiger partial charge in [0.2, 0.25) is 5.91 Å². The third-order valence-corrected chi connectivity index (χ3v) is 18.2. The molecule has 0 bridgehead atoms. The first kappa shape index (κ1) is 81.6. The summed E-state index contributed by atoms with van der Waals surface area (Å²) in [6.45, 7) is 3.52. The standard InChI is InChI=1S/C72H139NO11S/c1-3-5-7-9-11-13-15-17-19-21-23-25-26-27-28-29-30-31-32-33-34-35-36-37-38-39-40-42-44-46-48-50-52-54-56-58-60-62-68(76)73-65(64-82-72-70(78)71(84-85(79,80)81)69(77)67(63-74)83-72)66(75)61-59-57-55-53-51-49-47-45-43-41-24-22-20-18-16-14-12-10-8-6-4-2/h28-29,31-32,65-67,69-72,74-75,77-78H,3-27,30,33-64H2,1-2H3,(H,73,76)(H,79,80,81)/b29-28-,32-31-. The van der Waals surface area contributed by atoms with Crippen LogP contribution < -0.4 is 5.32 Å². The summed E-state index contributed by atoms with van der Waals surface area (Å²) >= 11 is 0. The lowest BCUT2D eigenvalue weighted by molar-refractivity contribution is -0.298. The molecule has 0 aromatic heterocycles. The van der Waals surface area contributed by atoms with E-state index in [9.17, 15) is 38.2 Å². The Morgan fingerprint density at radius 1 is 0.471 bits per heavy atom. The van der Waals surface area contributed by atoms with Crippen LogP contribution in [-0.2, 0) is 28.9 Å². The second-order valence-corrected chi connectivity index (χ2v) is 26.9. The van der Waals surface area contributed by atoms with Gasteiger partial charge in [-0.05, 0) is 44.9 Å². The zero-order valence-corrected chi connectivity index (χ0v) is 56.3. The van der Waals surface area contributed by atoms with E-state index >= 15 is 0 Å². The van der Waals surface area contributed by atoms with Crippen LogP contribution in [0.4, 0.5) is 0 Å². The summed E-state index contributed by atoms with van der Waals surface area (Å²) in [5.41, 5.74) is 0. The van der Waals surface area contributed by atoms with E-state index in [4.69, 9.17) is 9.47 Å².